The highest BCUT2D eigenvalue weighted by Crippen LogP contribution is 2.28. The van der Waals surface area contributed by atoms with Crippen LogP contribution in [0.25, 0.3) is 11.0 Å². The number of nitrogens with zero attached hydrogens (tertiary/aromatic N) is 4. The van der Waals surface area contributed by atoms with Gasteiger partial charge in [-0.3, -0.25) is 4.79 Å². The minimum absolute atomic E-state index is 0.0950. The molecular formula is C17H21F4N5O. The predicted molar refractivity (Wildman–Crippen MR) is 92.7 cm³/mol. The lowest BCUT2D eigenvalue weighted by Gasteiger charge is -2.23. The number of benzene rings is 1. The van der Waals surface area contributed by atoms with E-state index in [9.17, 15) is 22.4 Å². The average Bonchev–Trinajstić information content (AvgIpc) is 3.13. The number of carbonyl (C=O) groups is 1. The molecule has 1 aliphatic rings. The molecule has 148 valence electrons. The standard InChI is InChI=1S/C17H21F4N5O/c1-9-6-25(7-11(9)22)17-23-12-4-3-10(18)5-13(12)26(17)8-14(27)24(2)16(21)15(19)20/h3-5,9,11,15-16H,6-8,22H2,1-2H3. The number of amides is 1. The Hall–Kier alpha value is -2.36. The largest absolute Gasteiger partial charge is 0.340 e. The van der Waals surface area contributed by atoms with E-state index in [0.717, 1.165) is 7.05 Å². The van der Waals surface area contributed by atoms with Crippen LogP contribution in [0.3, 0.4) is 0 Å². The molecule has 6 nitrogen and oxygen atoms in total. The molecule has 0 saturated carbocycles. The molecule has 0 bridgehead atoms. The minimum Gasteiger partial charge on any atom is -0.340 e. The number of imidazole rings is 1. The summed E-state index contributed by atoms with van der Waals surface area (Å²) in [5, 5.41) is 0. The van der Waals surface area contributed by atoms with E-state index in [2.05, 4.69) is 4.98 Å². The fourth-order valence-corrected chi connectivity index (χ4v) is 3.19. The second kappa shape index (κ2) is 7.34. The van der Waals surface area contributed by atoms with Crippen molar-refractivity contribution in [2.24, 2.45) is 11.7 Å². The Balaban J connectivity index is 1.98. The molecule has 0 radical (unpaired) electrons. The van der Waals surface area contributed by atoms with Gasteiger partial charge in [0, 0.05) is 26.2 Å². The fourth-order valence-electron chi connectivity index (χ4n) is 3.19. The van der Waals surface area contributed by atoms with E-state index in [-0.39, 0.29) is 12.0 Å². The molecule has 10 heteroatoms. The lowest BCUT2D eigenvalue weighted by Crippen LogP contribution is -2.40. The minimum atomic E-state index is -3.31. The highest BCUT2D eigenvalue weighted by atomic mass is 19.3. The number of rotatable bonds is 5. The summed E-state index contributed by atoms with van der Waals surface area (Å²) in [5.74, 6) is -0.838. The molecule has 1 aromatic heterocycles. The monoisotopic (exact) mass is 387 g/mol. The summed E-state index contributed by atoms with van der Waals surface area (Å²) in [5.41, 5.74) is 6.82. The second-order valence-corrected chi connectivity index (χ2v) is 6.89. The summed E-state index contributed by atoms with van der Waals surface area (Å²) in [6.07, 6.45) is -6.03. The van der Waals surface area contributed by atoms with E-state index in [1.54, 1.807) is 0 Å². The summed E-state index contributed by atoms with van der Waals surface area (Å²) >= 11 is 0. The van der Waals surface area contributed by atoms with Gasteiger partial charge in [0.05, 0.1) is 11.0 Å². The highest BCUT2D eigenvalue weighted by molar-refractivity contribution is 5.83. The van der Waals surface area contributed by atoms with Gasteiger partial charge in [0.15, 0.2) is 0 Å². The third-order valence-electron chi connectivity index (χ3n) is 4.91. The van der Waals surface area contributed by atoms with Gasteiger partial charge < -0.3 is 20.1 Å². The number of fused-ring (bicyclic) bond motifs is 1. The summed E-state index contributed by atoms with van der Waals surface area (Å²) in [6, 6.07) is 3.82. The van der Waals surface area contributed by atoms with Crippen LogP contribution in [0.5, 0.6) is 0 Å². The predicted octanol–water partition coefficient (Wildman–Crippen LogP) is 1.98. The zero-order chi connectivity index (χ0) is 19.9. The first-order valence-corrected chi connectivity index (χ1v) is 8.53. The van der Waals surface area contributed by atoms with E-state index in [1.807, 2.05) is 11.8 Å². The van der Waals surface area contributed by atoms with Gasteiger partial charge in [-0.1, -0.05) is 6.92 Å². The van der Waals surface area contributed by atoms with Crippen LogP contribution in [0.1, 0.15) is 6.92 Å². The van der Waals surface area contributed by atoms with Crippen LogP contribution in [0.2, 0.25) is 0 Å². The summed E-state index contributed by atoms with van der Waals surface area (Å²) in [6.45, 7) is 2.60. The summed E-state index contributed by atoms with van der Waals surface area (Å²) in [7, 11) is 0.965. The van der Waals surface area contributed by atoms with Crippen LogP contribution in [-0.2, 0) is 11.3 Å². The van der Waals surface area contributed by atoms with E-state index < -0.39 is 31.0 Å². The van der Waals surface area contributed by atoms with E-state index in [1.165, 1.54) is 22.8 Å². The van der Waals surface area contributed by atoms with Crippen LogP contribution in [-0.4, -0.2) is 59.3 Å². The molecule has 1 fully saturated rings. The molecule has 1 aromatic carbocycles. The van der Waals surface area contributed by atoms with Crippen LogP contribution >= 0.6 is 0 Å². The van der Waals surface area contributed by atoms with Crippen molar-refractivity contribution in [1.29, 1.82) is 0 Å². The first-order chi connectivity index (χ1) is 12.7. The first kappa shape index (κ1) is 19.4. The van der Waals surface area contributed by atoms with Crippen molar-refractivity contribution in [1.82, 2.24) is 14.5 Å². The molecule has 3 unspecified atom stereocenters. The number of nitrogens with two attached hydrogens (primary N) is 1. The summed E-state index contributed by atoms with van der Waals surface area (Å²) in [4.78, 5) is 19.0. The molecule has 0 aliphatic carbocycles. The maximum atomic E-state index is 13.7. The van der Waals surface area contributed by atoms with Crippen LogP contribution in [0.4, 0.5) is 23.5 Å². The number of alkyl halides is 3. The average molecular weight is 387 g/mol. The molecule has 0 spiro atoms. The zero-order valence-electron chi connectivity index (χ0n) is 14.9. The van der Waals surface area contributed by atoms with E-state index in [0.29, 0.717) is 35.0 Å². The van der Waals surface area contributed by atoms with Crippen molar-refractivity contribution in [3.8, 4) is 0 Å². The van der Waals surface area contributed by atoms with Gasteiger partial charge in [-0.15, -0.1) is 0 Å². The number of carbonyl (C=O) groups excluding carboxylic acids is 1. The van der Waals surface area contributed by atoms with E-state index >= 15 is 0 Å². The van der Waals surface area contributed by atoms with Gasteiger partial charge in [-0.2, -0.15) is 0 Å². The zero-order valence-corrected chi connectivity index (χ0v) is 14.9. The van der Waals surface area contributed by atoms with Crippen molar-refractivity contribution < 1.29 is 22.4 Å². The van der Waals surface area contributed by atoms with Crippen LogP contribution in [0.15, 0.2) is 18.2 Å². The fraction of sp³-hybridized carbons (Fsp3) is 0.529. The van der Waals surface area contributed by atoms with Gasteiger partial charge in [-0.25, -0.2) is 22.5 Å². The topological polar surface area (TPSA) is 67.4 Å². The smallest absolute Gasteiger partial charge is 0.287 e. The van der Waals surface area contributed by atoms with E-state index in [4.69, 9.17) is 5.73 Å². The Bertz CT molecular complexity index is 832. The molecular weight excluding hydrogens is 366 g/mol. The molecule has 3 atom stereocenters. The van der Waals surface area contributed by atoms with Gasteiger partial charge in [0.1, 0.15) is 12.4 Å². The van der Waals surface area contributed by atoms with Crippen molar-refractivity contribution >= 4 is 22.9 Å². The maximum Gasteiger partial charge on any atom is 0.287 e. The normalized spacial score (nSPS) is 21.3. The molecule has 1 aliphatic heterocycles. The SMILES string of the molecule is CC1CN(c2nc3ccc(F)cc3n2CC(=O)N(C)C(F)C(F)F)CC1N. The molecule has 1 amide bonds. The van der Waals surface area contributed by atoms with Crippen molar-refractivity contribution in [2.45, 2.75) is 32.2 Å². The van der Waals surface area contributed by atoms with Crippen molar-refractivity contribution in [3.05, 3.63) is 24.0 Å². The Labute approximate surface area is 153 Å². The van der Waals surface area contributed by atoms with Crippen LogP contribution in [0, 0.1) is 11.7 Å². The third-order valence-corrected chi connectivity index (χ3v) is 4.91. The number of likely N-dealkylation sites (N-methyl/N-ethyl adjacent to an activating group) is 1. The molecule has 3 rings (SSSR count). The Morgan fingerprint density at radius 3 is 2.67 bits per heavy atom. The van der Waals surface area contributed by atoms with Crippen LogP contribution < -0.4 is 10.6 Å². The lowest BCUT2D eigenvalue weighted by molar-refractivity contribution is -0.142. The number of aromatic nitrogens is 2. The van der Waals surface area contributed by atoms with Gasteiger partial charge in [-0.05, 0) is 24.1 Å². The molecule has 27 heavy (non-hydrogen) atoms. The Morgan fingerprint density at radius 2 is 2.07 bits per heavy atom. The highest BCUT2D eigenvalue weighted by Gasteiger charge is 2.32. The maximum absolute atomic E-state index is 13.7. The number of anilines is 1. The summed E-state index contributed by atoms with van der Waals surface area (Å²) < 4.78 is 53.8. The molecule has 2 N–H and O–H groups in total. The Kier molecular flexibility index (Phi) is 5.27. The third kappa shape index (κ3) is 3.71. The van der Waals surface area contributed by atoms with Crippen molar-refractivity contribution in [3.63, 3.8) is 0 Å². The number of hydrogen-bond donors (Lipinski definition) is 1. The second-order valence-electron chi connectivity index (χ2n) is 6.89. The molecule has 2 heterocycles. The van der Waals surface area contributed by atoms with Crippen molar-refractivity contribution in [2.75, 3.05) is 25.0 Å². The molecule has 1 saturated heterocycles. The van der Waals surface area contributed by atoms with Gasteiger partial charge in [0.25, 0.3) is 6.43 Å². The Morgan fingerprint density at radius 1 is 1.37 bits per heavy atom. The number of hydrogen-bond acceptors (Lipinski definition) is 4. The lowest BCUT2D eigenvalue weighted by atomic mass is 10.1. The first-order valence-electron chi connectivity index (χ1n) is 8.53. The quantitative estimate of drug-likeness (QED) is 0.629. The van der Waals surface area contributed by atoms with Gasteiger partial charge in [0.2, 0.25) is 18.2 Å². The van der Waals surface area contributed by atoms with Gasteiger partial charge >= 0.3 is 0 Å². The number of halogens is 4. The molecule has 2 aromatic rings.